The third-order valence-electron chi connectivity index (χ3n) is 6.61. The molecule has 3 fully saturated rings. The van der Waals surface area contributed by atoms with E-state index in [4.69, 9.17) is 4.74 Å². The Morgan fingerprint density at radius 1 is 1.17 bits per heavy atom. The van der Waals surface area contributed by atoms with Crippen molar-refractivity contribution < 1.29 is 22.5 Å². The van der Waals surface area contributed by atoms with E-state index in [2.05, 4.69) is 27.8 Å². The van der Waals surface area contributed by atoms with Gasteiger partial charge in [-0.15, -0.1) is 0 Å². The first-order valence-electron chi connectivity index (χ1n) is 10.2. The second-order valence-corrected chi connectivity index (χ2v) is 10.8. The second-order valence-electron chi connectivity index (χ2n) is 9.36. The summed E-state index contributed by atoms with van der Waals surface area (Å²) in [6.07, 6.45) is 4.31. The Balaban J connectivity index is 1.38. The van der Waals surface area contributed by atoms with Gasteiger partial charge < -0.3 is 9.47 Å². The fourth-order valence-electron chi connectivity index (χ4n) is 5.41. The standard InChI is InChI=1S/C21H30F2N2O3S/c1-20(2,27-3)12-24-13-21(14-24)10-15-4-5-16(11-21)25(15)29(26)18-8-6-17(7-9-18)28-19(22)23/h6-9,15-16,19H,4-5,10-14H2,1-3H3. The number of alkyl halides is 2. The molecule has 1 aromatic carbocycles. The van der Waals surface area contributed by atoms with Gasteiger partial charge in [0.25, 0.3) is 0 Å². The van der Waals surface area contributed by atoms with E-state index in [1.807, 2.05) is 0 Å². The molecule has 8 heteroatoms. The highest BCUT2D eigenvalue weighted by atomic mass is 32.2. The summed E-state index contributed by atoms with van der Waals surface area (Å²) >= 11 is 0. The molecule has 0 aliphatic carbocycles. The SMILES string of the molecule is COC(C)(C)CN1CC2(CC3CCC(C2)N3S(=O)c2ccc(OC(F)F)cc2)C1. The number of hydrogen-bond acceptors (Lipinski definition) is 4. The van der Waals surface area contributed by atoms with Crippen molar-refractivity contribution in [3.8, 4) is 5.75 Å². The summed E-state index contributed by atoms with van der Waals surface area (Å²) in [7, 11) is 0.491. The third kappa shape index (κ3) is 4.36. The monoisotopic (exact) mass is 428 g/mol. The molecule has 1 spiro atoms. The van der Waals surface area contributed by atoms with Crippen LogP contribution >= 0.6 is 0 Å². The lowest BCUT2D eigenvalue weighted by Crippen LogP contribution is -2.64. The highest BCUT2D eigenvalue weighted by Gasteiger charge is 2.55. The normalized spacial score (nSPS) is 27.9. The number of hydrogen-bond donors (Lipinski definition) is 0. The van der Waals surface area contributed by atoms with Crippen molar-refractivity contribution in [3.05, 3.63) is 24.3 Å². The van der Waals surface area contributed by atoms with E-state index in [1.165, 1.54) is 12.1 Å². The number of ether oxygens (including phenoxy) is 2. The Hall–Kier alpha value is -1.09. The molecule has 3 unspecified atom stereocenters. The molecule has 0 aromatic heterocycles. The van der Waals surface area contributed by atoms with Crippen LogP contribution in [0.25, 0.3) is 0 Å². The van der Waals surface area contributed by atoms with Crippen LogP contribution in [-0.2, 0) is 15.7 Å². The van der Waals surface area contributed by atoms with Gasteiger partial charge in [0.15, 0.2) is 0 Å². The van der Waals surface area contributed by atoms with Crippen molar-refractivity contribution in [3.63, 3.8) is 0 Å². The summed E-state index contributed by atoms with van der Waals surface area (Å²) in [6, 6.07) is 6.85. The Bertz CT molecular complexity index is 737. The first-order valence-corrected chi connectivity index (χ1v) is 11.3. The molecular formula is C21H30F2N2O3S. The number of piperidine rings is 1. The maximum Gasteiger partial charge on any atom is 0.387 e. The highest BCUT2D eigenvalue weighted by molar-refractivity contribution is 7.82. The lowest BCUT2D eigenvalue weighted by atomic mass is 9.69. The van der Waals surface area contributed by atoms with Gasteiger partial charge in [0, 0.05) is 38.8 Å². The Morgan fingerprint density at radius 3 is 2.28 bits per heavy atom. The molecule has 0 N–H and O–H groups in total. The van der Waals surface area contributed by atoms with Gasteiger partial charge >= 0.3 is 6.61 Å². The van der Waals surface area contributed by atoms with Crippen LogP contribution in [0.1, 0.15) is 39.5 Å². The zero-order valence-corrected chi connectivity index (χ0v) is 18.1. The van der Waals surface area contributed by atoms with E-state index in [0.29, 0.717) is 22.4 Å². The minimum Gasteiger partial charge on any atom is -0.435 e. The van der Waals surface area contributed by atoms with Crippen molar-refractivity contribution in [2.75, 3.05) is 26.7 Å². The largest absolute Gasteiger partial charge is 0.435 e. The van der Waals surface area contributed by atoms with Crippen molar-refractivity contribution >= 4 is 11.0 Å². The van der Waals surface area contributed by atoms with Crippen LogP contribution in [0, 0.1) is 5.41 Å². The van der Waals surface area contributed by atoms with Gasteiger partial charge in [-0.1, -0.05) is 0 Å². The number of benzene rings is 1. The van der Waals surface area contributed by atoms with Gasteiger partial charge in [0.05, 0.1) is 10.5 Å². The van der Waals surface area contributed by atoms with Crippen molar-refractivity contribution in [2.24, 2.45) is 5.41 Å². The van der Waals surface area contributed by atoms with Gasteiger partial charge in [-0.2, -0.15) is 8.78 Å². The maximum absolute atomic E-state index is 13.2. The first kappa shape index (κ1) is 21.2. The molecule has 29 heavy (non-hydrogen) atoms. The van der Waals surface area contributed by atoms with Gasteiger partial charge in [0.2, 0.25) is 0 Å². The summed E-state index contributed by atoms with van der Waals surface area (Å²) in [6.45, 7) is 4.50. The van der Waals surface area contributed by atoms with Crippen LogP contribution in [0.3, 0.4) is 0 Å². The minimum atomic E-state index is -2.85. The van der Waals surface area contributed by atoms with Crippen molar-refractivity contribution in [1.82, 2.24) is 9.21 Å². The summed E-state index contributed by atoms with van der Waals surface area (Å²) in [5.41, 5.74) is 0.203. The highest BCUT2D eigenvalue weighted by Crippen LogP contribution is 2.51. The average Bonchev–Trinajstić information content (AvgIpc) is 2.91. The predicted molar refractivity (Wildman–Crippen MR) is 107 cm³/mol. The number of fused-ring (bicyclic) bond motifs is 2. The van der Waals surface area contributed by atoms with Gasteiger partial charge in [-0.3, -0.25) is 4.90 Å². The average molecular weight is 429 g/mol. The number of methoxy groups -OCH3 is 1. The van der Waals surface area contributed by atoms with Gasteiger partial charge in [-0.25, -0.2) is 8.51 Å². The molecule has 5 nitrogen and oxygen atoms in total. The second kappa shape index (κ2) is 7.87. The Labute approximate surface area is 173 Å². The van der Waals surface area contributed by atoms with Crippen LogP contribution in [0.4, 0.5) is 8.78 Å². The first-order chi connectivity index (χ1) is 13.7. The molecule has 1 aromatic rings. The fourth-order valence-corrected chi connectivity index (χ4v) is 6.92. The summed E-state index contributed by atoms with van der Waals surface area (Å²) in [5.74, 6) is 0.0925. The number of halogens is 2. The summed E-state index contributed by atoms with van der Waals surface area (Å²) < 4.78 is 50.0. The number of rotatable bonds is 7. The maximum atomic E-state index is 13.2. The zero-order valence-electron chi connectivity index (χ0n) is 17.3. The Kier molecular flexibility index (Phi) is 5.74. The van der Waals surface area contributed by atoms with Crippen LogP contribution in [0.15, 0.2) is 29.2 Å². The predicted octanol–water partition coefficient (Wildman–Crippen LogP) is 3.66. The van der Waals surface area contributed by atoms with E-state index in [9.17, 15) is 13.0 Å². The molecular weight excluding hydrogens is 398 g/mol. The van der Waals surface area contributed by atoms with E-state index in [1.54, 1.807) is 19.2 Å². The summed E-state index contributed by atoms with van der Waals surface area (Å²) in [5, 5.41) is 0. The van der Waals surface area contributed by atoms with Crippen LogP contribution in [0.2, 0.25) is 0 Å². The molecule has 0 saturated carbocycles. The molecule has 3 aliphatic heterocycles. The molecule has 3 saturated heterocycles. The van der Waals surface area contributed by atoms with E-state index >= 15 is 0 Å². The van der Waals surface area contributed by atoms with E-state index < -0.39 is 17.6 Å². The molecule has 162 valence electrons. The molecule has 2 bridgehead atoms. The summed E-state index contributed by atoms with van der Waals surface area (Å²) in [4.78, 5) is 3.12. The molecule has 3 heterocycles. The lowest BCUT2D eigenvalue weighted by molar-refractivity contribution is -0.0946. The smallest absolute Gasteiger partial charge is 0.387 e. The van der Waals surface area contributed by atoms with Gasteiger partial charge in [0.1, 0.15) is 16.7 Å². The molecule has 4 rings (SSSR count). The zero-order chi connectivity index (χ0) is 20.8. The van der Waals surface area contributed by atoms with Crippen LogP contribution < -0.4 is 4.74 Å². The van der Waals surface area contributed by atoms with Crippen molar-refractivity contribution in [2.45, 2.75) is 68.7 Å². The van der Waals surface area contributed by atoms with E-state index in [-0.39, 0.29) is 11.4 Å². The topological polar surface area (TPSA) is 42.0 Å². The lowest BCUT2D eigenvalue weighted by Gasteiger charge is -2.57. The van der Waals surface area contributed by atoms with Crippen LogP contribution in [0.5, 0.6) is 5.75 Å². The molecule has 0 amide bonds. The van der Waals surface area contributed by atoms with Gasteiger partial charge in [-0.05, 0) is 69.2 Å². The van der Waals surface area contributed by atoms with Crippen molar-refractivity contribution in [1.29, 1.82) is 0 Å². The molecule has 3 atom stereocenters. The fraction of sp³-hybridized carbons (Fsp3) is 0.714. The number of likely N-dealkylation sites (tertiary alicyclic amines) is 1. The minimum absolute atomic E-state index is 0.0925. The molecule has 3 aliphatic rings. The third-order valence-corrected chi connectivity index (χ3v) is 8.26. The van der Waals surface area contributed by atoms with E-state index in [0.717, 1.165) is 45.3 Å². The quantitative estimate of drug-likeness (QED) is 0.665. The van der Waals surface area contributed by atoms with Crippen LogP contribution in [-0.4, -0.2) is 64.5 Å². The Morgan fingerprint density at radius 2 is 1.76 bits per heavy atom. The molecule has 0 radical (unpaired) electrons. The number of nitrogens with zero attached hydrogens (tertiary/aromatic N) is 2.